The minimum Gasteiger partial charge on any atom is -0.349 e. The van der Waals surface area contributed by atoms with E-state index in [-0.39, 0.29) is 5.91 Å². The summed E-state index contributed by atoms with van der Waals surface area (Å²) in [7, 11) is 0. The number of rotatable bonds is 3. The summed E-state index contributed by atoms with van der Waals surface area (Å²) < 4.78 is 0. The third kappa shape index (κ3) is 3.18. The number of likely N-dealkylation sites (tertiary alicyclic amines) is 1. The van der Waals surface area contributed by atoms with E-state index in [1.54, 1.807) is 0 Å². The monoisotopic (exact) mass is 278 g/mol. The zero-order valence-corrected chi connectivity index (χ0v) is 12.1. The van der Waals surface area contributed by atoms with Crippen molar-refractivity contribution in [2.75, 3.05) is 13.1 Å². The van der Waals surface area contributed by atoms with Crippen LogP contribution in [0.1, 0.15) is 48.2 Å². The predicted molar refractivity (Wildman–Crippen MR) is 78.6 cm³/mol. The number of carbonyl (C=O) groups excluding carboxylic acids is 1. The fourth-order valence-corrected chi connectivity index (χ4v) is 3.97. The van der Waals surface area contributed by atoms with Gasteiger partial charge in [-0.2, -0.15) is 0 Å². The smallest absolute Gasteiger partial charge is 0.261 e. The van der Waals surface area contributed by atoms with Crippen LogP contribution >= 0.6 is 11.3 Å². The number of carbonyl (C=O) groups is 1. The largest absolute Gasteiger partial charge is 0.349 e. The van der Waals surface area contributed by atoms with Crippen molar-refractivity contribution in [2.24, 2.45) is 0 Å². The van der Waals surface area contributed by atoms with Crippen LogP contribution in [0.15, 0.2) is 17.5 Å². The van der Waals surface area contributed by atoms with Gasteiger partial charge in [0.05, 0.1) is 4.88 Å². The molecule has 0 spiro atoms. The summed E-state index contributed by atoms with van der Waals surface area (Å²) in [5.41, 5.74) is 0. The van der Waals surface area contributed by atoms with Crippen molar-refractivity contribution in [3.05, 3.63) is 22.4 Å². The summed E-state index contributed by atoms with van der Waals surface area (Å²) in [5.74, 6) is 0.106. The number of hydrogen-bond donors (Lipinski definition) is 1. The lowest BCUT2D eigenvalue weighted by atomic mass is 10.0. The molecule has 1 amide bonds. The highest BCUT2D eigenvalue weighted by Gasteiger charge is 2.27. The highest BCUT2D eigenvalue weighted by molar-refractivity contribution is 7.12. The summed E-state index contributed by atoms with van der Waals surface area (Å²) >= 11 is 1.52. The molecule has 1 N–H and O–H groups in total. The van der Waals surface area contributed by atoms with Crippen molar-refractivity contribution in [2.45, 2.75) is 50.6 Å². The Bertz CT molecular complexity index is 404. The molecule has 104 valence electrons. The van der Waals surface area contributed by atoms with Crippen molar-refractivity contribution in [3.63, 3.8) is 0 Å². The van der Waals surface area contributed by atoms with Crippen molar-refractivity contribution < 1.29 is 4.79 Å². The Morgan fingerprint density at radius 3 is 2.58 bits per heavy atom. The standard InChI is InChI=1S/C15H22N2OS/c18-15(14-6-3-11-19-14)16-12-7-9-17(10-8-12)13-4-1-2-5-13/h3,6,11-13H,1-2,4-5,7-10H2,(H,16,18). The molecule has 1 aliphatic carbocycles. The second-order valence-electron chi connectivity index (χ2n) is 5.70. The van der Waals surface area contributed by atoms with Gasteiger partial charge < -0.3 is 10.2 Å². The predicted octanol–water partition coefficient (Wildman–Crippen LogP) is 2.88. The third-order valence-corrected chi connectivity index (χ3v) is 5.32. The van der Waals surface area contributed by atoms with Gasteiger partial charge in [0.2, 0.25) is 0 Å². The maximum Gasteiger partial charge on any atom is 0.261 e. The van der Waals surface area contributed by atoms with Crippen molar-refractivity contribution in [1.82, 2.24) is 10.2 Å². The maximum atomic E-state index is 12.0. The quantitative estimate of drug-likeness (QED) is 0.922. The second kappa shape index (κ2) is 6.06. The van der Waals surface area contributed by atoms with Gasteiger partial charge in [-0.3, -0.25) is 4.79 Å². The summed E-state index contributed by atoms with van der Waals surface area (Å²) in [5, 5.41) is 5.13. The molecule has 19 heavy (non-hydrogen) atoms. The van der Waals surface area contributed by atoms with E-state index in [1.807, 2.05) is 17.5 Å². The van der Waals surface area contributed by atoms with E-state index in [9.17, 15) is 4.79 Å². The number of nitrogens with zero attached hydrogens (tertiary/aromatic N) is 1. The first-order valence-corrected chi connectivity index (χ1v) is 8.29. The van der Waals surface area contributed by atoms with E-state index in [0.29, 0.717) is 6.04 Å². The average Bonchev–Trinajstić information content (AvgIpc) is 3.13. The zero-order valence-electron chi connectivity index (χ0n) is 11.3. The SMILES string of the molecule is O=C(NC1CCN(C2CCCC2)CC1)c1cccs1. The highest BCUT2D eigenvalue weighted by Crippen LogP contribution is 2.26. The van der Waals surface area contributed by atoms with E-state index < -0.39 is 0 Å². The van der Waals surface area contributed by atoms with Crippen LogP contribution in [0.3, 0.4) is 0 Å². The van der Waals surface area contributed by atoms with Crippen LogP contribution in [-0.2, 0) is 0 Å². The molecule has 1 aliphatic heterocycles. The van der Waals surface area contributed by atoms with Gasteiger partial charge in [0.25, 0.3) is 5.91 Å². The minimum absolute atomic E-state index is 0.106. The Kier molecular flexibility index (Phi) is 4.18. The lowest BCUT2D eigenvalue weighted by Crippen LogP contribution is -2.47. The van der Waals surface area contributed by atoms with Gasteiger partial charge in [0.1, 0.15) is 0 Å². The summed E-state index contributed by atoms with van der Waals surface area (Å²) in [6.45, 7) is 2.31. The molecule has 3 nitrogen and oxygen atoms in total. The van der Waals surface area contributed by atoms with E-state index in [0.717, 1.165) is 36.9 Å². The molecule has 1 aromatic heterocycles. The van der Waals surface area contributed by atoms with Crippen LogP contribution in [0.2, 0.25) is 0 Å². The minimum atomic E-state index is 0.106. The summed E-state index contributed by atoms with van der Waals surface area (Å²) in [4.78, 5) is 15.5. The van der Waals surface area contributed by atoms with Gasteiger partial charge >= 0.3 is 0 Å². The van der Waals surface area contributed by atoms with Crippen LogP contribution in [0.4, 0.5) is 0 Å². The zero-order chi connectivity index (χ0) is 13.1. The van der Waals surface area contributed by atoms with E-state index in [2.05, 4.69) is 10.2 Å². The van der Waals surface area contributed by atoms with Gasteiger partial charge in [0.15, 0.2) is 0 Å². The lowest BCUT2D eigenvalue weighted by Gasteiger charge is -2.36. The van der Waals surface area contributed by atoms with Gasteiger partial charge in [-0.25, -0.2) is 0 Å². The molecule has 2 heterocycles. The first kappa shape index (κ1) is 13.1. The molecule has 0 atom stereocenters. The van der Waals surface area contributed by atoms with Crippen LogP contribution in [0.25, 0.3) is 0 Å². The summed E-state index contributed by atoms with van der Waals surface area (Å²) in [6.07, 6.45) is 7.78. The molecule has 2 aliphatic rings. The topological polar surface area (TPSA) is 32.3 Å². The summed E-state index contributed by atoms with van der Waals surface area (Å²) in [6, 6.07) is 5.02. The van der Waals surface area contributed by atoms with Crippen molar-refractivity contribution in [1.29, 1.82) is 0 Å². The normalized spacial score (nSPS) is 22.7. The molecule has 1 aromatic rings. The number of piperidine rings is 1. The second-order valence-corrected chi connectivity index (χ2v) is 6.65. The third-order valence-electron chi connectivity index (χ3n) is 4.45. The van der Waals surface area contributed by atoms with Crippen LogP contribution < -0.4 is 5.32 Å². The average molecular weight is 278 g/mol. The molecule has 4 heteroatoms. The molecular formula is C15H22N2OS. The number of hydrogen-bond acceptors (Lipinski definition) is 3. The Morgan fingerprint density at radius 1 is 1.21 bits per heavy atom. The Hall–Kier alpha value is -0.870. The van der Waals surface area contributed by atoms with Gasteiger partial charge in [-0.15, -0.1) is 11.3 Å². The Labute approximate surface area is 119 Å². The van der Waals surface area contributed by atoms with E-state index in [1.165, 1.54) is 37.0 Å². The Balaban J connectivity index is 1.46. The van der Waals surface area contributed by atoms with Crippen LogP contribution in [0, 0.1) is 0 Å². The molecule has 0 unspecified atom stereocenters. The van der Waals surface area contributed by atoms with E-state index in [4.69, 9.17) is 0 Å². The van der Waals surface area contributed by atoms with Crippen LogP contribution in [0.5, 0.6) is 0 Å². The van der Waals surface area contributed by atoms with Gasteiger partial charge in [-0.05, 0) is 37.1 Å². The maximum absolute atomic E-state index is 12.0. The van der Waals surface area contributed by atoms with E-state index >= 15 is 0 Å². The first-order chi connectivity index (χ1) is 9.33. The fourth-order valence-electron chi connectivity index (χ4n) is 3.34. The van der Waals surface area contributed by atoms with Crippen LogP contribution in [-0.4, -0.2) is 36.0 Å². The first-order valence-electron chi connectivity index (χ1n) is 7.41. The lowest BCUT2D eigenvalue weighted by molar-refractivity contribution is 0.0896. The molecule has 0 bridgehead atoms. The molecule has 1 saturated carbocycles. The van der Waals surface area contributed by atoms with Gasteiger partial charge in [0, 0.05) is 25.2 Å². The molecular weight excluding hydrogens is 256 g/mol. The molecule has 0 aromatic carbocycles. The molecule has 0 radical (unpaired) electrons. The Morgan fingerprint density at radius 2 is 1.95 bits per heavy atom. The number of thiophene rings is 1. The molecule has 2 fully saturated rings. The fraction of sp³-hybridized carbons (Fsp3) is 0.667. The van der Waals surface area contributed by atoms with Crippen molar-refractivity contribution >= 4 is 17.2 Å². The van der Waals surface area contributed by atoms with Gasteiger partial charge in [-0.1, -0.05) is 18.9 Å². The molecule has 1 saturated heterocycles. The number of amides is 1. The number of nitrogens with one attached hydrogen (secondary N) is 1. The van der Waals surface area contributed by atoms with Crippen molar-refractivity contribution in [3.8, 4) is 0 Å². The highest BCUT2D eigenvalue weighted by atomic mass is 32.1. The molecule has 3 rings (SSSR count).